The first-order valence-electron chi connectivity index (χ1n) is 9.49. The van der Waals surface area contributed by atoms with Crippen molar-refractivity contribution in [3.05, 3.63) is 54.4 Å². The van der Waals surface area contributed by atoms with Crippen molar-refractivity contribution in [1.29, 1.82) is 0 Å². The van der Waals surface area contributed by atoms with Crippen LogP contribution in [0.2, 0.25) is 0 Å². The minimum absolute atomic E-state index is 0.00165. The van der Waals surface area contributed by atoms with Crippen LogP contribution in [0.25, 0.3) is 11.0 Å². The average Bonchev–Trinajstić information content (AvgIpc) is 3.08. The second-order valence-electron chi connectivity index (χ2n) is 7.00. The minimum Gasteiger partial charge on any atom is -0.328 e. The van der Waals surface area contributed by atoms with E-state index < -0.39 is 10.0 Å². The van der Waals surface area contributed by atoms with Crippen LogP contribution in [0, 0.1) is 0 Å². The predicted molar refractivity (Wildman–Crippen MR) is 114 cm³/mol. The van der Waals surface area contributed by atoms with Gasteiger partial charge in [-0.3, -0.25) is 4.79 Å². The Balaban J connectivity index is 1.85. The molecule has 3 aromatic rings. The number of amides is 1. The third kappa shape index (κ3) is 4.18. The van der Waals surface area contributed by atoms with Crippen LogP contribution < -0.4 is 4.90 Å². The molecule has 0 N–H and O–H groups in total. The van der Waals surface area contributed by atoms with Crippen LogP contribution in [0.3, 0.4) is 0 Å². The summed E-state index contributed by atoms with van der Waals surface area (Å²) in [5, 5.41) is 0. The molecular weight excluding hydrogens is 388 g/mol. The van der Waals surface area contributed by atoms with Crippen molar-refractivity contribution in [2.24, 2.45) is 0 Å². The van der Waals surface area contributed by atoms with Gasteiger partial charge in [-0.15, -0.1) is 0 Å². The fourth-order valence-corrected chi connectivity index (χ4v) is 4.18. The molecule has 1 heterocycles. The number of anilines is 1. The fraction of sp³-hybridized carbons (Fsp3) is 0.333. The predicted octanol–water partition coefficient (Wildman–Crippen LogP) is 2.90. The zero-order chi connectivity index (χ0) is 21.2. The fourth-order valence-electron chi connectivity index (χ4n) is 3.26. The van der Waals surface area contributed by atoms with Crippen LogP contribution in [0.1, 0.15) is 19.2 Å². The van der Waals surface area contributed by atoms with E-state index in [1.54, 1.807) is 30.1 Å². The SMILES string of the molecule is CCn1c(CCC(=O)N(C)c2ccccc2)nc2cc(S(=O)(=O)N(C)C)ccc21. The van der Waals surface area contributed by atoms with E-state index in [0.717, 1.165) is 17.0 Å². The number of rotatable bonds is 7. The molecule has 0 aliphatic heterocycles. The van der Waals surface area contributed by atoms with Crippen molar-refractivity contribution in [2.45, 2.75) is 31.2 Å². The van der Waals surface area contributed by atoms with Crippen LogP contribution in [-0.2, 0) is 27.8 Å². The molecular formula is C21H26N4O3S. The first kappa shape index (κ1) is 21.0. The Morgan fingerprint density at radius 1 is 1.07 bits per heavy atom. The number of imidazole rings is 1. The van der Waals surface area contributed by atoms with Gasteiger partial charge >= 0.3 is 0 Å². The molecule has 2 aromatic carbocycles. The minimum atomic E-state index is -3.52. The molecule has 29 heavy (non-hydrogen) atoms. The maximum absolute atomic E-state index is 12.6. The number of benzene rings is 2. The number of aryl methyl sites for hydroxylation is 2. The molecule has 0 spiro atoms. The van der Waals surface area contributed by atoms with Crippen molar-refractivity contribution in [3.63, 3.8) is 0 Å². The van der Waals surface area contributed by atoms with Crippen LogP contribution in [0.15, 0.2) is 53.4 Å². The number of aromatic nitrogens is 2. The zero-order valence-electron chi connectivity index (χ0n) is 17.2. The summed E-state index contributed by atoms with van der Waals surface area (Å²) in [6.45, 7) is 2.70. The Labute approximate surface area is 171 Å². The van der Waals surface area contributed by atoms with Crippen molar-refractivity contribution < 1.29 is 13.2 Å². The van der Waals surface area contributed by atoms with Gasteiger partial charge in [-0.1, -0.05) is 18.2 Å². The molecule has 7 nitrogen and oxygen atoms in total. The van der Waals surface area contributed by atoms with Crippen LogP contribution in [0.4, 0.5) is 5.69 Å². The molecule has 1 aromatic heterocycles. The molecule has 8 heteroatoms. The van der Waals surface area contributed by atoms with Gasteiger partial charge in [-0.2, -0.15) is 0 Å². The number of hydrogen-bond acceptors (Lipinski definition) is 4. The van der Waals surface area contributed by atoms with Gasteiger partial charge in [0.25, 0.3) is 0 Å². The molecule has 0 aliphatic carbocycles. The number of sulfonamides is 1. The summed E-state index contributed by atoms with van der Waals surface area (Å²) in [5.74, 6) is 0.776. The largest absolute Gasteiger partial charge is 0.328 e. The van der Waals surface area contributed by atoms with E-state index in [4.69, 9.17) is 0 Å². The van der Waals surface area contributed by atoms with E-state index in [1.807, 2.05) is 41.8 Å². The molecule has 0 saturated heterocycles. The van der Waals surface area contributed by atoms with Gasteiger partial charge in [0, 0.05) is 46.2 Å². The topological polar surface area (TPSA) is 75.5 Å². The molecule has 3 rings (SSSR count). The number of nitrogens with zero attached hydrogens (tertiary/aromatic N) is 4. The summed E-state index contributed by atoms with van der Waals surface area (Å²) >= 11 is 0. The van der Waals surface area contributed by atoms with E-state index in [-0.39, 0.29) is 10.8 Å². The molecule has 1 amide bonds. The van der Waals surface area contributed by atoms with Gasteiger partial charge in [-0.05, 0) is 37.3 Å². The normalized spacial score (nSPS) is 11.9. The quantitative estimate of drug-likeness (QED) is 0.596. The zero-order valence-corrected chi connectivity index (χ0v) is 18.0. The van der Waals surface area contributed by atoms with Crippen LogP contribution >= 0.6 is 0 Å². The van der Waals surface area contributed by atoms with Gasteiger partial charge in [-0.25, -0.2) is 17.7 Å². The number of hydrogen-bond donors (Lipinski definition) is 0. The third-order valence-corrected chi connectivity index (χ3v) is 6.78. The average molecular weight is 415 g/mol. The third-order valence-electron chi connectivity index (χ3n) is 4.97. The van der Waals surface area contributed by atoms with E-state index in [2.05, 4.69) is 4.98 Å². The molecule has 0 fully saturated rings. The van der Waals surface area contributed by atoms with Gasteiger partial charge in [0.15, 0.2) is 0 Å². The molecule has 154 valence electrons. The number of fused-ring (bicyclic) bond motifs is 1. The first-order valence-corrected chi connectivity index (χ1v) is 10.9. The highest BCUT2D eigenvalue weighted by Gasteiger charge is 2.20. The molecule has 0 aliphatic rings. The van der Waals surface area contributed by atoms with Crippen molar-refractivity contribution in [2.75, 3.05) is 26.0 Å². The second-order valence-corrected chi connectivity index (χ2v) is 9.15. The highest BCUT2D eigenvalue weighted by Crippen LogP contribution is 2.23. The summed E-state index contributed by atoms with van der Waals surface area (Å²) in [7, 11) is 1.25. The van der Waals surface area contributed by atoms with E-state index in [9.17, 15) is 13.2 Å². The highest BCUT2D eigenvalue weighted by atomic mass is 32.2. The van der Waals surface area contributed by atoms with Gasteiger partial charge in [0.2, 0.25) is 15.9 Å². The molecule has 0 radical (unpaired) electrons. The van der Waals surface area contributed by atoms with Crippen molar-refractivity contribution >= 4 is 32.7 Å². The van der Waals surface area contributed by atoms with Crippen molar-refractivity contribution in [3.8, 4) is 0 Å². The maximum atomic E-state index is 12.6. The standard InChI is InChI=1S/C21H26N4O3S/c1-5-25-19-12-11-17(29(27,28)23(2)3)15-18(19)22-20(25)13-14-21(26)24(4)16-9-7-6-8-10-16/h6-12,15H,5,13-14H2,1-4H3. The summed E-state index contributed by atoms with van der Waals surface area (Å²) in [6, 6.07) is 14.5. The van der Waals surface area contributed by atoms with Crippen molar-refractivity contribution in [1.82, 2.24) is 13.9 Å². The Morgan fingerprint density at radius 3 is 2.38 bits per heavy atom. The monoisotopic (exact) mass is 414 g/mol. The molecule has 0 bridgehead atoms. The van der Waals surface area contributed by atoms with E-state index >= 15 is 0 Å². The van der Waals surface area contributed by atoms with Crippen LogP contribution in [-0.4, -0.2) is 49.3 Å². The smallest absolute Gasteiger partial charge is 0.242 e. The summed E-state index contributed by atoms with van der Waals surface area (Å²) < 4.78 is 28.0. The maximum Gasteiger partial charge on any atom is 0.242 e. The summed E-state index contributed by atoms with van der Waals surface area (Å²) in [5.41, 5.74) is 2.33. The lowest BCUT2D eigenvalue weighted by Crippen LogP contribution is -2.26. The lowest BCUT2D eigenvalue weighted by atomic mass is 10.2. The first-order chi connectivity index (χ1) is 13.8. The Morgan fingerprint density at radius 2 is 1.76 bits per heavy atom. The molecule has 0 saturated carbocycles. The summed E-state index contributed by atoms with van der Waals surface area (Å²) in [4.78, 5) is 19.1. The van der Waals surface area contributed by atoms with E-state index in [1.165, 1.54) is 18.4 Å². The number of para-hydroxylation sites is 1. The van der Waals surface area contributed by atoms with Gasteiger partial charge in [0.05, 0.1) is 15.9 Å². The van der Waals surface area contributed by atoms with Gasteiger partial charge < -0.3 is 9.47 Å². The lowest BCUT2D eigenvalue weighted by Gasteiger charge is -2.17. The lowest BCUT2D eigenvalue weighted by molar-refractivity contribution is -0.118. The summed E-state index contributed by atoms with van der Waals surface area (Å²) in [6.07, 6.45) is 0.797. The highest BCUT2D eigenvalue weighted by molar-refractivity contribution is 7.89. The van der Waals surface area contributed by atoms with Crippen LogP contribution in [0.5, 0.6) is 0 Å². The van der Waals surface area contributed by atoms with Gasteiger partial charge in [0.1, 0.15) is 5.82 Å². The van der Waals surface area contributed by atoms with E-state index in [0.29, 0.717) is 24.9 Å². The Hall–Kier alpha value is -2.71. The number of carbonyl (C=O) groups excluding carboxylic acids is 1. The molecule has 0 unspecified atom stereocenters. The molecule has 0 atom stereocenters. The second kappa shape index (κ2) is 8.34. The Bertz CT molecular complexity index is 1120. The Kier molecular flexibility index (Phi) is 6.04. The number of carbonyl (C=O) groups is 1.